The number of hydrogen-bond acceptors (Lipinski definition) is 0. The first-order valence-corrected chi connectivity index (χ1v) is 4.90. The Morgan fingerprint density at radius 3 is 1.82 bits per heavy atom. The first-order valence-electron chi connectivity index (χ1n) is 4.90. The Balaban J connectivity index is 0.000000461. The lowest BCUT2D eigenvalue weighted by Gasteiger charge is -2.29. The smallest absolute Gasteiger partial charge is 0.0149 e. The maximum atomic E-state index is 3.86. The van der Waals surface area contributed by atoms with Crippen LogP contribution in [0.1, 0.15) is 52.9 Å². The van der Waals surface area contributed by atoms with Gasteiger partial charge in [0.15, 0.2) is 0 Å². The molecule has 0 unspecified atom stereocenters. The molecule has 0 radical (unpaired) electrons. The molecule has 1 aliphatic carbocycles. The Hall–Kier alpha value is -0.260. The molecule has 0 amide bonds. The zero-order valence-corrected chi connectivity index (χ0v) is 8.32. The van der Waals surface area contributed by atoms with Crippen LogP contribution in [-0.4, -0.2) is 0 Å². The van der Waals surface area contributed by atoms with Gasteiger partial charge in [0, 0.05) is 0 Å². The molecule has 0 spiro atoms. The zero-order valence-electron chi connectivity index (χ0n) is 8.32. The van der Waals surface area contributed by atoms with Crippen LogP contribution in [0.25, 0.3) is 0 Å². The molecule has 0 heteroatoms. The molecular formula is C11H22. The third-order valence-electron chi connectivity index (χ3n) is 2.49. The molecule has 0 N–H and O–H groups in total. The van der Waals surface area contributed by atoms with Crippen LogP contribution >= 0.6 is 0 Å². The predicted octanol–water partition coefficient (Wildman–Crippen LogP) is 4.17. The van der Waals surface area contributed by atoms with Crippen LogP contribution in [0.2, 0.25) is 0 Å². The summed E-state index contributed by atoms with van der Waals surface area (Å²) in [6.07, 6.45) is 9.09. The van der Waals surface area contributed by atoms with Crippen molar-refractivity contribution in [2.75, 3.05) is 0 Å². The molecule has 0 aromatic carbocycles. The van der Waals surface area contributed by atoms with E-state index in [1.54, 1.807) is 0 Å². The van der Waals surface area contributed by atoms with Crippen molar-refractivity contribution in [3.8, 4) is 0 Å². The van der Waals surface area contributed by atoms with Gasteiger partial charge in [-0.05, 0) is 18.3 Å². The molecule has 0 atom stereocenters. The van der Waals surface area contributed by atoms with Gasteiger partial charge in [-0.2, -0.15) is 0 Å². The molecule has 0 aromatic rings. The van der Waals surface area contributed by atoms with E-state index in [0.717, 1.165) is 0 Å². The van der Waals surface area contributed by atoms with Crippen molar-refractivity contribution in [3.05, 3.63) is 12.7 Å². The standard InChI is InChI=1S/C9H16.C2H6/c1-3-9(2)7-5-4-6-8-9;1-2/h3H,1,4-8H2,2H3;1-2H3. The highest BCUT2D eigenvalue weighted by Gasteiger charge is 2.22. The Kier molecular flexibility index (Phi) is 5.27. The Morgan fingerprint density at radius 2 is 1.55 bits per heavy atom. The Morgan fingerprint density at radius 1 is 1.09 bits per heavy atom. The summed E-state index contributed by atoms with van der Waals surface area (Å²) < 4.78 is 0. The van der Waals surface area contributed by atoms with Gasteiger partial charge in [0.25, 0.3) is 0 Å². The quantitative estimate of drug-likeness (QED) is 0.497. The van der Waals surface area contributed by atoms with Crippen LogP contribution in [0.5, 0.6) is 0 Å². The molecule has 0 aromatic heterocycles. The van der Waals surface area contributed by atoms with Gasteiger partial charge in [-0.3, -0.25) is 0 Å². The fraction of sp³-hybridized carbons (Fsp3) is 0.818. The molecule has 0 saturated heterocycles. The van der Waals surface area contributed by atoms with Crippen LogP contribution in [0.15, 0.2) is 12.7 Å². The van der Waals surface area contributed by atoms with Crippen molar-refractivity contribution in [1.82, 2.24) is 0 Å². The van der Waals surface area contributed by atoms with Crippen LogP contribution < -0.4 is 0 Å². The largest absolute Gasteiger partial charge is 0.103 e. The fourth-order valence-electron chi connectivity index (χ4n) is 1.56. The summed E-state index contributed by atoms with van der Waals surface area (Å²) >= 11 is 0. The average Bonchev–Trinajstić information content (AvgIpc) is 2.10. The molecule has 1 aliphatic rings. The second-order valence-corrected chi connectivity index (χ2v) is 3.42. The lowest BCUT2D eigenvalue weighted by Crippen LogP contribution is -2.16. The van der Waals surface area contributed by atoms with Crippen molar-refractivity contribution in [2.45, 2.75) is 52.9 Å². The zero-order chi connectivity index (χ0) is 8.74. The SMILES string of the molecule is C=CC1(C)CCCCC1.CC. The maximum Gasteiger partial charge on any atom is -0.0149 e. The lowest BCUT2D eigenvalue weighted by molar-refractivity contribution is 0.286. The van der Waals surface area contributed by atoms with Gasteiger partial charge >= 0.3 is 0 Å². The highest BCUT2D eigenvalue weighted by atomic mass is 14.3. The first kappa shape index (κ1) is 10.7. The second-order valence-electron chi connectivity index (χ2n) is 3.42. The highest BCUT2D eigenvalue weighted by molar-refractivity contribution is 4.92. The van der Waals surface area contributed by atoms with Gasteiger partial charge in [-0.25, -0.2) is 0 Å². The van der Waals surface area contributed by atoms with Crippen molar-refractivity contribution in [3.63, 3.8) is 0 Å². The molecule has 1 rings (SSSR count). The lowest BCUT2D eigenvalue weighted by atomic mass is 9.76. The van der Waals surface area contributed by atoms with E-state index in [0.29, 0.717) is 5.41 Å². The van der Waals surface area contributed by atoms with E-state index in [1.165, 1.54) is 32.1 Å². The van der Waals surface area contributed by atoms with E-state index in [9.17, 15) is 0 Å². The summed E-state index contributed by atoms with van der Waals surface area (Å²) in [6.45, 7) is 10.2. The van der Waals surface area contributed by atoms with Gasteiger partial charge in [-0.15, -0.1) is 6.58 Å². The second kappa shape index (κ2) is 5.40. The summed E-state index contributed by atoms with van der Waals surface area (Å²) in [6, 6.07) is 0. The minimum atomic E-state index is 0.484. The maximum absolute atomic E-state index is 3.86. The van der Waals surface area contributed by atoms with Crippen LogP contribution in [0.3, 0.4) is 0 Å². The molecule has 1 saturated carbocycles. The number of allylic oxidation sites excluding steroid dienone is 1. The summed E-state index contributed by atoms with van der Waals surface area (Å²) in [7, 11) is 0. The Labute approximate surface area is 71.7 Å². The molecule has 11 heavy (non-hydrogen) atoms. The summed E-state index contributed by atoms with van der Waals surface area (Å²) in [5.74, 6) is 0. The van der Waals surface area contributed by atoms with E-state index in [4.69, 9.17) is 0 Å². The molecular weight excluding hydrogens is 132 g/mol. The van der Waals surface area contributed by atoms with Gasteiger partial charge in [0.2, 0.25) is 0 Å². The molecule has 0 nitrogen and oxygen atoms in total. The summed E-state index contributed by atoms with van der Waals surface area (Å²) in [5, 5.41) is 0. The van der Waals surface area contributed by atoms with E-state index < -0.39 is 0 Å². The van der Waals surface area contributed by atoms with E-state index in [2.05, 4.69) is 19.6 Å². The fourth-order valence-corrected chi connectivity index (χ4v) is 1.56. The van der Waals surface area contributed by atoms with Gasteiger partial charge in [-0.1, -0.05) is 46.1 Å². The molecule has 0 aliphatic heterocycles. The molecule has 0 bridgehead atoms. The van der Waals surface area contributed by atoms with Crippen LogP contribution in [0, 0.1) is 5.41 Å². The average molecular weight is 154 g/mol. The minimum absolute atomic E-state index is 0.484. The molecule has 66 valence electrons. The molecule has 1 fully saturated rings. The number of rotatable bonds is 1. The van der Waals surface area contributed by atoms with Crippen molar-refractivity contribution < 1.29 is 0 Å². The normalized spacial score (nSPS) is 21.4. The van der Waals surface area contributed by atoms with E-state index in [-0.39, 0.29) is 0 Å². The topological polar surface area (TPSA) is 0 Å². The van der Waals surface area contributed by atoms with Gasteiger partial charge in [0.1, 0.15) is 0 Å². The van der Waals surface area contributed by atoms with Crippen molar-refractivity contribution >= 4 is 0 Å². The summed E-state index contributed by atoms with van der Waals surface area (Å²) in [5.41, 5.74) is 0.484. The molecule has 0 heterocycles. The highest BCUT2D eigenvalue weighted by Crippen LogP contribution is 2.36. The van der Waals surface area contributed by atoms with Gasteiger partial charge in [0.05, 0.1) is 0 Å². The Bertz CT molecular complexity index is 96.6. The monoisotopic (exact) mass is 154 g/mol. The first-order chi connectivity index (χ1) is 5.27. The van der Waals surface area contributed by atoms with Crippen LogP contribution in [0.4, 0.5) is 0 Å². The van der Waals surface area contributed by atoms with Gasteiger partial charge < -0.3 is 0 Å². The van der Waals surface area contributed by atoms with Crippen molar-refractivity contribution in [1.29, 1.82) is 0 Å². The van der Waals surface area contributed by atoms with E-state index in [1.807, 2.05) is 13.8 Å². The number of hydrogen-bond donors (Lipinski definition) is 0. The van der Waals surface area contributed by atoms with Crippen molar-refractivity contribution in [2.24, 2.45) is 5.41 Å². The van der Waals surface area contributed by atoms with E-state index >= 15 is 0 Å². The minimum Gasteiger partial charge on any atom is -0.103 e. The van der Waals surface area contributed by atoms with Crippen LogP contribution in [-0.2, 0) is 0 Å². The third-order valence-corrected chi connectivity index (χ3v) is 2.49. The summed E-state index contributed by atoms with van der Waals surface area (Å²) in [4.78, 5) is 0. The third kappa shape index (κ3) is 3.60. The predicted molar refractivity (Wildman–Crippen MR) is 52.7 cm³/mol.